The van der Waals surface area contributed by atoms with Crippen molar-refractivity contribution >= 4 is 22.0 Å². The number of aryl methyl sites for hydroxylation is 4. The molecular formula is C21H25N5OS. The van der Waals surface area contributed by atoms with Crippen LogP contribution in [0.1, 0.15) is 40.7 Å². The van der Waals surface area contributed by atoms with Gasteiger partial charge in [0, 0.05) is 23.2 Å². The quantitative estimate of drug-likeness (QED) is 0.525. The third-order valence-corrected chi connectivity index (χ3v) is 7.16. The van der Waals surface area contributed by atoms with Crippen LogP contribution in [-0.2, 0) is 10.8 Å². The van der Waals surface area contributed by atoms with Gasteiger partial charge >= 0.3 is 0 Å². The topological polar surface area (TPSA) is 64.6 Å². The molecule has 1 unspecified atom stereocenters. The van der Waals surface area contributed by atoms with Crippen molar-refractivity contribution in [2.45, 2.75) is 53.4 Å². The van der Waals surface area contributed by atoms with Gasteiger partial charge in [-0.25, -0.2) is 14.5 Å². The molecule has 0 aliphatic heterocycles. The summed E-state index contributed by atoms with van der Waals surface area (Å²) in [4.78, 5) is 9.99. The van der Waals surface area contributed by atoms with Crippen molar-refractivity contribution in [3.8, 4) is 11.4 Å². The summed E-state index contributed by atoms with van der Waals surface area (Å²) in [5.41, 5.74) is 9.72. The van der Waals surface area contributed by atoms with E-state index in [1.54, 1.807) is 6.33 Å². The summed E-state index contributed by atoms with van der Waals surface area (Å²) in [6.07, 6.45) is 1.79. The van der Waals surface area contributed by atoms with Gasteiger partial charge in [0.15, 0.2) is 0 Å². The zero-order valence-electron chi connectivity index (χ0n) is 17.4. The molecule has 7 heteroatoms. The van der Waals surface area contributed by atoms with Gasteiger partial charge in [0.2, 0.25) is 0 Å². The Hall–Kier alpha value is -2.54. The van der Waals surface area contributed by atoms with Crippen LogP contribution >= 0.6 is 0 Å². The fraction of sp³-hybridized carbons (Fsp3) is 0.381. The van der Waals surface area contributed by atoms with E-state index >= 15 is 0 Å². The van der Waals surface area contributed by atoms with E-state index in [2.05, 4.69) is 32.7 Å². The number of pyridine rings is 1. The molecule has 0 bridgehead atoms. The summed E-state index contributed by atoms with van der Waals surface area (Å²) in [5.74, 6) is 0.535. The Balaban J connectivity index is 2.16. The van der Waals surface area contributed by atoms with E-state index < -0.39 is 10.8 Å². The van der Waals surface area contributed by atoms with Gasteiger partial charge in [-0.1, -0.05) is 6.92 Å². The smallest absolute Gasteiger partial charge is 0.140 e. The first-order chi connectivity index (χ1) is 13.3. The SMILES string of the molecule is CCS(=O)c1c(-c2nc3cc(C)ncn3c2C)nn2c(C)c(C)c(C)c(C)c12. The molecule has 0 aliphatic rings. The maximum Gasteiger partial charge on any atom is 0.140 e. The average Bonchev–Trinajstić information content (AvgIpc) is 3.22. The number of fused-ring (bicyclic) bond motifs is 2. The van der Waals surface area contributed by atoms with Crippen molar-refractivity contribution in [2.75, 3.05) is 5.75 Å². The largest absolute Gasteiger partial charge is 0.287 e. The zero-order valence-corrected chi connectivity index (χ0v) is 18.2. The van der Waals surface area contributed by atoms with Gasteiger partial charge in [-0.05, 0) is 58.2 Å². The highest BCUT2D eigenvalue weighted by Crippen LogP contribution is 2.35. The highest BCUT2D eigenvalue weighted by atomic mass is 32.2. The molecule has 0 saturated carbocycles. The second-order valence-electron chi connectivity index (χ2n) is 7.34. The summed E-state index contributed by atoms with van der Waals surface area (Å²) in [6.45, 7) is 14.3. The lowest BCUT2D eigenvalue weighted by molar-refractivity contribution is 0.684. The fourth-order valence-electron chi connectivity index (χ4n) is 3.76. The van der Waals surface area contributed by atoms with Crippen LogP contribution in [0.4, 0.5) is 0 Å². The molecule has 28 heavy (non-hydrogen) atoms. The third kappa shape index (κ3) is 2.53. The maximum atomic E-state index is 13.1. The van der Waals surface area contributed by atoms with E-state index in [9.17, 15) is 4.21 Å². The molecule has 4 heterocycles. The zero-order chi connectivity index (χ0) is 20.3. The normalized spacial score (nSPS) is 13.0. The number of imidazole rings is 1. The van der Waals surface area contributed by atoms with Crippen LogP contribution in [-0.4, -0.2) is 33.9 Å². The lowest BCUT2D eigenvalue weighted by atomic mass is 10.0. The van der Waals surface area contributed by atoms with Gasteiger partial charge < -0.3 is 0 Å². The first-order valence-electron chi connectivity index (χ1n) is 9.45. The van der Waals surface area contributed by atoms with Crippen molar-refractivity contribution in [2.24, 2.45) is 0 Å². The van der Waals surface area contributed by atoms with E-state index in [0.717, 1.165) is 44.4 Å². The predicted molar refractivity (Wildman–Crippen MR) is 113 cm³/mol. The van der Waals surface area contributed by atoms with Gasteiger partial charge in [-0.3, -0.25) is 8.61 Å². The number of hydrogen-bond donors (Lipinski definition) is 0. The van der Waals surface area contributed by atoms with E-state index in [4.69, 9.17) is 10.1 Å². The number of aromatic nitrogens is 5. The highest BCUT2D eigenvalue weighted by Gasteiger charge is 2.26. The summed E-state index contributed by atoms with van der Waals surface area (Å²) in [7, 11) is -1.16. The molecule has 0 N–H and O–H groups in total. The average molecular weight is 396 g/mol. The summed E-state index contributed by atoms with van der Waals surface area (Å²) >= 11 is 0. The minimum atomic E-state index is -1.16. The van der Waals surface area contributed by atoms with Crippen molar-refractivity contribution in [3.05, 3.63) is 46.2 Å². The van der Waals surface area contributed by atoms with Crippen molar-refractivity contribution in [1.82, 2.24) is 24.0 Å². The molecule has 0 radical (unpaired) electrons. The van der Waals surface area contributed by atoms with Crippen LogP contribution < -0.4 is 0 Å². The lowest BCUT2D eigenvalue weighted by Crippen LogP contribution is -2.03. The van der Waals surface area contributed by atoms with Gasteiger partial charge in [0.25, 0.3) is 0 Å². The van der Waals surface area contributed by atoms with Gasteiger partial charge in [0.1, 0.15) is 23.4 Å². The van der Waals surface area contributed by atoms with Crippen molar-refractivity contribution < 1.29 is 4.21 Å². The maximum absolute atomic E-state index is 13.1. The number of nitrogens with zero attached hydrogens (tertiary/aromatic N) is 5. The van der Waals surface area contributed by atoms with E-state index in [0.29, 0.717) is 11.4 Å². The van der Waals surface area contributed by atoms with Gasteiger partial charge in [-0.2, -0.15) is 5.10 Å². The summed E-state index contributed by atoms with van der Waals surface area (Å²) in [5, 5.41) is 4.92. The molecule has 0 saturated heterocycles. The Morgan fingerprint density at radius 3 is 2.36 bits per heavy atom. The van der Waals surface area contributed by atoms with Crippen molar-refractivity contribution in [3.63, 3.8) is 0 Å². The monoisotopic (exact) mass is 395 g/mol. The minimum Gasteiger partial charge on any atom is -0.287 e. The second kappa shape index (κ2) is 6.51. The van der Waals surface area contributed by atoms with Crippen LogP contribution in [0, 0.1) is 41.5 Å². The van der Waals surface area contributed by atoms with E-state index in [1.165, 1.54) is 11.1 Å². The van der Waals surface area contributed by atoms with E-state index in [1.807, 2.05) is 35.8 Å². The highest BCUT2D eigenvalue weighted by molar-refractivity contribution is 7.85. The Morgan fingerprint density at radius 2 is 1.68 bits per heavy atom. The Morgan fingerprint density at radius 1 is 0.964 bits per heavy atom. The van der Waals surface area contributed by atoms with Crippen molar-refractivity contribution in [1.29, 1.82) is 0 Å². The van der Waals surface area contributed by atoms with Crippen LogP contribution in [0.3, 0.4) is 0 Å². The molecule has 0 spiro atoms. The van der Waals surface area contributed by atoms with Crippen LogP contribution in [0.5, 0.6) is 0 Å². The Kier molecular flexibility index (Phi) is 4.38. The molecule has 0 aliphatic carbocycles. The Labute approximate surface area is 167 Å². The summed E-state index contributed by atoms with van der Waals surface area (Å²) in [6, 6.07) is 1.95. The molecule has 0 amide bonds. The molecule has 0 fully saturated rings. The standard InChI is InChI=1S/C21H25N5OS/c1-8-28(27)21-19(18-16(7)25-10-22-11(2)9-17(25)23-18)24-26-15(6)13(4)12(3)14(5)20(21)26/h9-10H,8H2,1-7H3. The third-order valence-electron chi connectivity index (χ3n) is 5.79. The fourth-order valence-corrected chi connectivity index (χ4v) is 4.86. The van der Waals surface area contributed by atoms with Gasteiger partial charge in [0.05, 0.1) is 26.9 Å². The number of rotatable bonds is 3. The molecule has 4 aromatic rings. The molecule has 1 atom stereocenters. The first-order valence-corrected chi connectivity index (χ1v) is 10.8. The molecule has 4 aromatic heterocycles. The predicted octanol–water partition coefficient (Wildman–Crippen LogP) is 4.02. The van der Waals surface area contributed by atoms with Crippen LogP contribution in [0.25, 0.3) is 22.6 Å². The first kappa shape index (κ1) is 18.8. The molecular weight excluding hydrogens is 370 g/mol. The summed E-state index contributed by atoms with van der Waals surface area (Å²) < 4.78 is 17.0. The van der Waals surface area contributed by atoms with E-state index in [-0.39, 0.29) is 0 Å². The molecule has 0 aromatic carbocycles. The second-order valence-corrected chi connectivity index (χ2v) is 9.01. The lowest BCUT2D eigenvalue weighted by Gasteiger charge is -2.12. The van der Waals surface area contributed by atoms with Crippen LogP contribution in [0.2, 0.25) is 0 Å². The van der Waals surface area contributed by atoms with Gasteiger partial charge in [-0.15, -0.1) is 0 Å². The Bertz CT molecular complexity index is 1280. The molecule has 146 valence electrons. The number of hydrogen-bond acceptors (Lipinski definition) is 4. The molecule has 4 rings (SSSR count). The minimum absolute atomic E-state index is 0.535. The van der Waals surface area contributed by atoms with Crippen LogP contribution in [0.15, 0.2) is 17.3 Å². The molecule has 6 nitrogen and oxygen atoms in total.